The maximum atomic E-state index is 10.5. The van der Waals surface area contributed by atoms with E-state index in [9.17, 15) is 4.79 Å². The Morgan fingerprint density at radius 3 is 2.27 bits per heavy atom. The van der Waals surface area contributed by atoms with E-state index in [0.29, 0.717) is 0 Å². The number of likely N-dealkylation sites (N-methyl/N-ethyl adjacent to an activating group) is 1. The summed E-state index contributed by atoms with van der Waals surface area (Å²) in [7, 11) is 3.27. The minimum absolute atomic E-state index is 0.166. The predicted molar refractivity (Wildman–Crippen MR) is 41.3 cm³/mol. The highest BCUT2D eigenvalue weighted by molar-refractivity contribution is 5.72. The molecule has 0 saturated heterocycles. The van der Waals surface area contributed by atoms with Crippen molar-refractivity contribution in [3.63, 3.8) is 0 Å². The monoisotopic (exact) mass is 161 g/mol. The molecule has 0 amide bonds. The van der Waals surface area contributed by atoms with Gasteiger partial charge in [-0.15, -0.1) is 0 Å². The largest absolute Gasteiger partial charge is 0.480 e. The van der Waals surface area contributed by atoms with E-state index in [-0.39, 0.29) is 6.23 Å². The van der Waals surface area contributed by atoms with Crippen LogP contribution in [0, 0.1) is 0 Å². The van der Waals surface area contributed by atoms with E-state index in [1.54, 1.807) is 32.9 Å². The fourth-order valence-corrected chi connectivity index (χ4v) is 0.655. The number of carboxylic acids is 1. The van der Waals surface area contributed by atoms with Gasteiger partial charge >= 0.3 is 5.97 Å². The second-order valence-electron chi connectivity index (χ2n) is 2.51. The second kappa shape index (κ2) is 4.31. The van der Waals surface area contributed by atoms with Gasteiger partial charge in [-0.25, -0.2) is 0 Å². The molecule has 0 saturated carbocycles. The molecule has 0 fully saturated rings. The van der Waals surface area contributed by atoms with E-state index in [2.05, 4.69) is 0 Å². The smallest absolute Gasteiger partial charge is 0.320 e. The number of carboxylic acid groups (broad SMARTS) is 1. The van der Waals surface area contributed by atoms with E-state index in [1.807, 2.05) is 0 Å². The van der Waals surface area contributed by atoms with Crippen molar-refractivity contribution >= 4 is 5.97 Å². The van der Waals surface area contributed by atoms with E-state index in [0.717, 1.165) is 0 Å². The number of nitrogens with zero attached hydrogens (tertiary/aromatic N) is 1. The van der Waals surface area contributed by atoms with Crippen molar-refractivity contribution < 1.29 is 14.6 Å². The summed E-state index contributed by atoms with van der Waals surface area (Å²) in [6.07, 6.45) is -0.166. The molecule has 66 valence electrons. The van der Waals surface area contributed by atoms with Crippen molar-refractivity contribution in [3.05, 3.63) is 0 Å². The van der Waals surface area contributed by atoms with Crippen LogP contribution in [0.3, 0.4) is 0 Å². The molecule has 0 aliphatic carbocycles. The Labute approximate surface area is 66.8 Å². The van der Waals surface area contributed by atoms with Gasteiger partial charge in [0.2, 0.25) is 0 Å². The highest BCUT2D eigenvalue weighted by Crippen LogP contribution is 2.02. The normalized spacial score (nSPS) is 16.5. The Morgan fingerprint density at radius 2 is 2.00 bits per heavy atom. The van der Waals surface area contributed by atoms with Crippen LogP contribution in [0.15, 0.2) is 0 Å². The van der Waals surface area contributed by atoms with Crippen molar-refractivity contribution in [1.29, 1.82) is 0 Å². The van der Waals surface area contributed by atoms with Crippen LogP contribution in [0.5, 0.6) is 0 Å². The SMILES string of the molecule is COC(C)N(C)C(C)C(=O)O. The van der Waals surface area contributed by atoms with E-state index in [4.69, 9.17) is 9.84 Å². The zero-order chi connectivity index (χ0) is 9.02. The average Bonchev–Trinajstić information content (AvgIpc) is 2.00. The third-order valence-corrected chi connectivity index (χ3v) is 1.88. The van der Waals surface area contributed by atoms with E-state index in [1.165, 1.54) is 0 Å². The highest BCUT2D eigenvalue weighted by atomic mass is 16.5. The van der Waals surface area contributed by atoms with Gasteiger partial charge in [-0.1, -0.05) is 0 Å². The molecule has 11 heavy (non-hydrogen) atoms. The summed E-state index contributed by atoms with van der Waals surface area (Å²) in [4.78, 5) is 12.1. The standard InChI is InChI=1S/C7H15NO3/c1-5(7(9)10)8(3)6(2)11-4/h5-6H,1-4H3,(H,9,10). The van der Waals surface area contributed by atoms with Crippen molar-refractivity contribution in [1.82, 2.24) is 4.90 Å². The van der Waals surface area contributed by atoms with Crippen LogP contribution in [0.2, 0.25) is 0 Å². The van der Waals surface area contributed by atoms with Gasteiger partial charge in [0, 0.05) is 7.11 Å². The van der Waals surface area contributed by atoms with Gasteiger partial charge in [0.25, 0.3) is 0 Å². The third-order valence-electron chi connectivity index (χ3n) is 1.88. The summed E-state index contributed by atoms with van der Waals surface area (Å²) in [6.45, 7) is 3.43. The van der Waals surface area contributed by atoms with Crippen LogP contribution in [0.1, 0.15) is 13.8 Å². The molecule has 2 unspecified atom stereocenters. The molecular weight excluding hydrogens is 146 g/mol. The van der Waals surface area contributed by atoms with Crippen LogP contribution in [-0.2, 0) is 9.53 Å². The van der Waals surface area contributed by atoms with Gasteiger partial charge in [-0.2, -0.15) is 0 Å². The molecule has 4 heteroatoms. The number of hydrogen-bond acceptors (Lipinski definition) is 3. The van der Waals surface area contributed by atoms with Gasteiger partial charge in [-0.05, 0) is 20.9 Å². The first kappa shape index (κ1) is 10.4. The summed E-state index contributed by atoms with van der Waals surface area (Å²) in [5, 5.41) is 8.60. The van der Waals surface area contributed by atoms with Crippen LogP contribution < -0.4 is 0 Å². The Hall–Kier alpha value is -0.610. The summed E-state index contributed by atoms with van der Waals surface area (Å²) in [5.41, 5.74) is 0. The predicted octanol–water partition coefficient (Wildman–Crippen LogP) is 0.384. The molecule has 0 radical (unpaired) electrons. The number of aliphatic carboxylic acids is 1. The zero-order valence-electron chi connectivity index (χ0n) is 7.37. The molecule has 0 aromatic rings. The van der Waals surface area contributed by atoms with Gasteiger partial charge in [-0.3, -0.25) is 9.69 Å². The number of rotatable bonds is 4. The quantitative estimate of drug-likeness (QED) is 0.606. The number of methoxy groups -OCH3 is 1. The Balaban J connectivity index is 4.00. The highest BCUT2D eigenvalue weighted by Gasteiger charge is 2.20. The lowest BCUT2D eigenvalue weighted by Gasteiger charge is -2.26. The van der Waals surface area contributed by atoms with Gasteiger partial charge in [0.15, 0.2) is 0 Å². The van der Waals surface area contributed by atoms with Crippen molar-refractivity contribution in [2.75, 3.05) is 14.2 Å². The Kier molecular flexibility index (Phi) is 4.07. The third kappa shape index (κ3) is 2.86. The molecule has 0 aromatic carbocycles. The van der Waals surface area contributed by atoms with Crippen molar-refractivity contribution in [3.8, 4) is 0 Å². The first-order valence-corrected chi connectivity index (χ1v) is 3.48. The minimum atomic E-state index is -0.837. The molecule has 0 bridgehead atoms. The average molecular weight is 161 g/mol. The molecule has 4 nitrogen and oxygen atoms in total. The molecule has 2 atom stereocenters. The number of hydrogen-bond donors (Lipinski definition) is 1. The summed E-state index contributed by atoms with van der Waals surface area (Å²) >= 11 is 0. The molecular formula is C7H15NO3. The number of ether oxygens (including phenoxy) is 1. The van der Waals surface area contributed by atoms with Crippen molar-refractivity contribution in [2.45, 2.75) is 26.1 Å². The Morgan fingerprint density at radius 1 is 1.55 bits per heavy atom. The summed E-state index contributed by atoms with van der Waals surface area (Å²) < 4.78 is 4.95. The Bertz CT molecular complexity index is 138. The second-order valence-corrected chi connectivity index (χ2v) is 2.51. The van der Waals surface area contributed by atoms with E-state index >= 15 is 0 Å². The fourth-order valence-electron chi connectivity index (χ4n) is 0.655. The minimum Gasteiger partial charge on any atom is -0.480 e. The molecule has 0 spiro atoms. The number of carbonyl (C=O) groups is 1. The van der Waals surface area contributed by atoms with Crippen molar-refractivity contribution in [2.24, 2.45) is 0 Å². The molecule has 0 heterocycles. The molecule has 1 N–H and O–H groups in total. The van der Waals surface area contributed by atoms with Gasteiger partial charge < -0.3 is 9.84 Å². The van der Waals surface area contributed by atoms with Crippen LogP contribution in [0.25, 0.3) is 0 Å². The van der Waals surface area contributed by atoms with E-state index < -0.39 is 12.0 Å². The molecule has 0 aromatic heterocycles. The first-order valence-electron chi connectivity index (χ1n) is 3.48. The zero-order valence-corrected chi connectivity index (χ0v) is 7.37. The summed E-state index contributed by atoms with van der Waals surface area (Å²) in [5.74, 6) is -0.837. The van der Waals surface area contributed by atoms with Gasteiger partial charge in [0.05, 0.1) is 0 Å². The topological polar surface area (TPSA) is 49.8 Å². The maximum Gasteiger partial charge on any atom is 0.320 e. The lowest BCUT2D eigenvalue weighted by molar-refractivity contribution is -0.146. The molecule has 0 aliphatic rings. The maximum absolute atomic E-state index is 10.5. The lowest BCUT2D eigenvalue weighted by Crippen LogP contribution is -2.42. The van der Waals surface area contributed by atoms with Crippen LogP contribution in [-0.4, -0.2) is 42.4 Å². The fraction of sp³-hybridized carbons (Fsp3) is 0.857. The molecule has 0 rings (SSSR count). The molecule has 0 aliphatic heterocycles. The lowest BCUT2D eigenvalue weighted by atomic mass is 10.3. The first-order chi connectivity index (χ1) is 5.00. The summed E-state index contributed by atoms with van der Waals surface area (Å²) in [6, 6.07) is -0.509. The van der Waals surface area contributed by atoms with Crippen LogP contribution >= 0.6 is 0 Å². The van der Waals surface area contributed by atoms with Gasteiger partial charge in [0.1, 0.15) is 12.3 Å². The van der Waals surface area contributed by atoms with Crippen LogP contribution in [0.4, 0.5) is 0 Å².